The average Bonchev–Trinajstić information content (AvgIpc) is 3.02. The first-order chi connectivity index (χ1) is 11.8. The summed E-state index contributed by atoms with van der Waals surface area (Å²) in [5, 5.41) is 11.7. The normalized spacial score (nSPS) is 10.9. The summed E-state index contributed by atoms with van der Waals surface area (Å²) in [6, 6.07) is 9.56. The molecule has 0 atom stereocenters. The first-order valence-corrected chi connectivity index (χ1v) is 8.75. The minimum atomic E-state index is -0.172. The summed E-state index contributed by atoms with van der Waals surface area (Å²) in [7, 11) is 1.76. The lowest BCUT2D eigenvalue weighted by Gasteiger charge is -2.09. The van der Waals surface area contributed by atoms with Gasteiger partial charge in [-0.25, -0.2) is 0 Å². The molecule has 0 fully saturated rings. The average molecular weight is 402 g/mol. The molecule has 130 valence electrons. The lowest BCUT2D eigenvalue weighted by atomic mass is 10.2. The van der Waals surface area contributed by atoms with Crippen LogP contribution in [0.15, 0.2) is 34.8 Å². The van der Waals surface area contributed by atoms with Gasteiger partial charge in [-0.1, -0.05) is 12.1 Å². The number of benzene rings is 1. The molecule has 0 saturated heterocycles. The molecule has 0 unspecified atom stereocenters. The number of aryl methyl sites for hydroxylation is 3. The molecule has 0 bridgehead atoms. The molecule has 2 heterocycles. The van der Waals surface area contributed by atoms with Gasteiger partial charge in [0.05, 0.1) is 28.1 Å². The third-order valence-electron chi connectivity index (χ3n) is 4.04. The zero-order valence-corrected chi connectivity index (χ0v) is 16.3. The predicted octanol–water partition coefficient (Wildman–Crippen LogP) is 3.60. The molecule has 1 N–H and O–H groups in total. The Morgan fingerprint density at radius 2 is 1.96 bits per heavy atom. The lowest BCUT2D eigenvalue weighted by molar-refractivity contribution is 0.101. The number of nitrogens with one attached hydrogen (secondary N) is 1. The highest BCUT2D eigenvalue weighted by atomic mass is 79.9. The van der Waals surface area contributed by atoms with Crippen molar-refractivity contribution in [2.75, 3.05) is 5.32 Å². The van der Waals surface area contributed by atoms with E-state index in [1.165, 1.54) is 0 Å². The minimum Gasteiger partial charge on any atom is -0.321 e. The molecule has 3 rings (SSSR count). The van der Waals surface area contributed by atoms with Crippen molar-refractivity contribution >= 4 is 27.5 Å². The number of hydrogen-bond acceptors (Lipinski definition) is 3. The SMILES string of the molecule is Cc1cc(C(=O)Nc2cccc(Cn3nc(C)c(Br)c3C)c2)n(C)n1. The standard InChI is InChI=1S/C18H20BrN5O/c1-11-8-16(23(4)21-11)18(25)20-15-7-5-6-14(9-15)10-24-13(3)17(19)12(2)22-24/h5-9H,10H2,1-4H3,(H,20,25). The molecule has 0 aliphatic carbocycles. The van der Waals surface area contributed by atoms with Gasteiger partial charge < -0.3 is 5.32 Å². The van der Waals surface area contributed by atoms with E-state index in [1.54, 1.807) is 17.8 Å². The zero-order chi connectivity index (χ0) is 18.1. The van der Waals surface area contributed by atoms with Gasteiger partial charge in [-0.05, 0) is 60.5 Å². The molecule has 0 saturated carbocycles. The highest BCUT2D eigenvalue weighted by Gasteiger charge is 2.13. The molecule has 1 amide bonds. The second kappa shape index (κ2) is 6.84. The smallest absolute Gasteiger partial charge is 0.273 e. The van der Waals surface area contributed by atoms with Crippen LogP contribution in [0.3, 0.4) is 0 Å². The number of carbonyl (C=O) groups excluding carboxylic acids is 1. The molecule has 1 aromatic carbocycles. The summed E-state index contributed by atoms with van der Waals surface area (Å²) >= 11 is 3.55. The Balaban J connectivity index is 1.78. The first-order valence-electron chi connectivity index (χ1n) is 7.95. The fourth-order valence-corrected chi connectivity index (χ4v) is 3.05. The Labute approximate surface area is 155 Å². The van der Waals surface area contributed by atoms with Crippen LogP contribution in [0.4, 0.5) is 5.69 Å². The molecule has 6 nitrogen and oxygen atoms in total. The van der Waals surface area contributed by atoms with Gasteiger partial charge in [-0.15, -0.1) is 0 Å². The number of nitrogens with zero attached hydrogens (tertiary/aromatic N) is 4. The number of carbonyl (C=O) groups is 1. The van der Waals surface area contributed by atoms with Crippen LogP contribution in [-0.4, -0.2) is 25.5 Å². The Morgan fingerprint density at radius 3 is 2.56 bits per heavy atom. The monoisotopic (exact) mass is 401 g/mol. The second-order valence-electron chi connectivity index (χ2n) is 6.09. The Kier molecular flexibility index (Phi) is 4.76. The van der Waals surface area contributed by atoms with E-state index < -0.39 is 0 Å². The molecule has 3 aromatic rings. The fourth-order valence-electron chi connectivity index (χ4n) is 2.77. The summed E-state index contributed by atoms with van der Waals surface area (Å²) in [6.07, 6.45) is 0. The highest BCUT2D eigenvalue weighted by Crippen LogP contribution is 2.21. The van der Waals surface area contributed by atoms with Crippen molar-refractivity contribution in [1.82, 2.24) is 19.6 Å². The Hall–Kier alpha value is -2.41. The summed E-state index contributed by atoms with van der Waals surface area (Å²) < 4.78 is 4.57. The van der Waals surface area contributed by atoms with Gasteiger partial charge in [-0.2, -0.15) is 10.2 Å². The van der Waals surface area contributed by atoms with Crippen LogP contribution >= 0.6 is 15.9 Å². The summed E-state index contributed by atoms with van der Waals surface area (Å²) in [5.74, 6) is -0.172. The van der Waals surface area contributed by atoms with E-state index in [4.69, 9.17) is 0 Å². The number of anilines is 1. The summed E-state index contributed by atoms with van der Waals surface area (Å²) in [5.41, 5.74) is 5.21. The molecule has 0 spiro atoms. The quantitative estimate of drug-likeness (QED) is 0.725. The van der Waals surface area contributed by atoms with Crippen molar-refractivity contribution in [1.29, 1.82) is 0 Å². The zero-order valence-electron chi connectivity index (χ0n) is 14.7. The third kappa shape index (κ3) is 3.66. The highest BCUT2D eigenvalue weighted by molar-refractivity contribution is 9.10. The van der Waals surface area contributed by atoms with Gasteiger partial charge in [0.15, 0.2) is 0 Å². The largest absolute Gasteiger partial charge is 0.321 e. The van der Waals surface area contributed by atoms with Gasteiger partial charge in [0.1, 0.15) is 5.69 Å². The van der Waals surface area contributed by atoms with E-state index in [1.807, 2.05) is 49.7 Å². The van der Waals surface area contributed by atoms with E-state index in [2.05, 4.69) is 31.4 Å². The molecular formula is C18H20BrN5O. The molecule has 7 heteroatoms. The molecule has 2 aromatic heterocycles. The van der Waals surface area contributed by atoms with Crippen LogP contribution in [0.5, 0.6) is 0 Å². The lowest BCUT2D eigenvalue weighted by Crippen LogP contribution is -2.16. The Bertz CT molecular complexity index is 941. The van der Waals surface area contributed by atoms with Crippen LogP contribution in [0.1, 0.15) is 33.1 Å². The minimum absolute atomic E-state index is 0.172. The summed E-state index contributed by atoms with van der Waals surface area (Å²) in [6.45, 7) is 6.51. The fraction of sp³-hybridized carbons (Fsp3) is 0.278. The molecule has 25 heavy (non-hydrogen) atoms. The third-order valence-corrected chi connectivity index (χ3v) is 5.19. The van der Waals surface area contributed by atoms with Crippen LogP contribution in [0.2, 0.25) is 0 Å². The van der Waals surface area contributed by atoms with E-state index in [0.29, 0.717) is 12.2 Å². The summed E-state index contributed by atoms with van der Waals surface area (Å²) in [4.78, 5) is 12.4. The maximum Gasteiger partial charge on any atom is 0.273 e. The van der Waals surface area contributed by atoms with Crippen LogP contribution in [0, 0.1) is 20.8 Å². The topological polar surface area (TPSA) is 64.7 Å². The van der Waals surface area contributed by atoms with E-state index >= 15 is 0 Å². The number of halogens is 1. The second-order valence-corrected chi connectivity index (χ2v) is 6.88. The van der Waals surface area contributed by atoms with Gasteiger partial charge >= 0.3 is 0 Å². The van der Waals surface area contributed by atoms with Crippen LogP contribution in [0.25, 0.3) is 0 Å². The number of rotatable bonds is 4. The van der Waals surface area contributed by atoms with Crippen molar-refractivity contribution in [3.8, 4) is 0 Å². The van der Waals surface area contributed by atoms with Crippen LogP contribution < -0.4 is 5.32 Å². The van der Waals surface area contributed by atoms with E-state index in [0.717, 1.165) is 32.8 Å². The van der Waals surface area contributed by atoms with Gasteiger partial charge in [0.2, 0.25) is 0 Å². The molecule has 0 aliphatic rings. The predicted molar refractivity (Wildman–Crippen MR) is 101 cm³/mol. The van der Waals surface area contributed by atoms with E-state index in [9.17, 15) is 4.79 Å². The Morgan fingerprint density at radius 1 is 1.20 bits per heavy atom. The number of hydrogen-bond donors (Lipinski definition) is 1. The van der Waals surface area contributed by atoms with Crippen molar-refractivity contribution in [2.24, 2.45) is 7.05 Å². The van der Waals surface area contributed by atoms with Gasteiger partial charge in [0.25, 0.3) is 5.91 Å². The van der Waals surface area contributed by atoms with Gasteiger partial charge in [-0.3, -0.25) is 14.2 Å². The van der Waals surface area contributed by atoms with Crippen molar-refractivity contribution in [3.05, 3.63) is 63.1 Å². The molecular weight excluding hydrogens is 382 g/mol. The van der Waals surface area contributed by atoms with Gasteiger partial charge in [0, 0.05) is 12.7 Å². The van der Waals surface area contributed by atoms with Crippen molar-refractivity contribution in [2.45, 2.75) is 27.3 Å². The molecule has 0 radical (unpaired) electrons. The first kappa shape index (κ1) is 17.4. The van der Waals surface area contributed by atoms with Crippen LogP contribution in [-0.2, 0) is 13.6 Å². The number of amides is 1. The van der Waals surface area contributed by atoms with E-state index in [-0.39, 0.29) is 5.91 Å². The maximum absolute atomic E-state index is 12.4. The molecule has 0 aliphatic heterocycles. The van der Waals surface area contributed by atoms with Crippen molar-refractivity contribution in [3.63, 3.8) is 0 Å². The number of aromatic nitrogens is 4. The maximum atomic E-state index is 12.4. The van der Waals surface area contributed by atoms with Crippen molar-refractivity contribution < 1.29 is 4.79 Å².